The summed E-state index contributed by atoms with van der Waals surface area (Å²) in [5, 5.41) is 0. The molecule has 0 fully saturated rings. The molecular weight excluding hydrogens is 540 g/mol. The lowest BCUT2D eigenvalue weighted by Gasteiger charge is -2.14. The molecule has 0 aliphatic heterocycles. The molecule has 4 aromatic carbocycles. The van der Waals surface area contributed by atoms with Gasteiger partial charge in [0.25, 0.3) is 0 Å². The number of aryl methyl sites for hydroxylation is 1. The first-order chi connectivity index (χ1) is 22.0. The molecule has 1 aliphatic carbocycles. The highest BCUT2D eigenvalue weighted by Crippen LogP contribution is 2.31. The molecule has 1 aliphatic rings. The molecule has 0 heterocycles. The summed E-state index contributed by atoms with van der Waals surface area (Å²) in [6, 6.07) is 38.5. The van der Waals surface area contributed by atoms with Crippen LogP contribution in [0.2, 0.25) is 0 Å². The Labute approximate surface area is 269 Å². The third-order valence-corrected chi connectivity index (χ3v) is 7.87. The van der Waals surface area contributed by atoms with Crippen molar-refractivity contribution in [1.82, 2.24) is 0 Å². The minimum Gasteiger partial charge on any atom is -0.121 e. The fraction of sp³-hybridized carbons (Fsp3) is 0.0889. The lowest BCUT2D eigenvalue weighted by atomic mass is 9.91. The predicted molar refractivity (Wildman–Crippen MR) is 197 cm³/mol. The van der Waals surface area contributed by atoms with Crippen molar-refractivity contribution < 1.29 is 0 Å². The molecule has 0 heteroatoms. The van der Waals surface area contributed by atoms with Crippen molar-refractivity contribution in [3.8, 4) is 0 Å². The summed E-state index contributed by atoms with van der Waals surface area (Å²) in [6.07, 6.45) is 20.3. The number of hydrogen-bond acceptors (Lipinski definition) is 0. The van der Waals surface area contributed by atoms with Crippen molar-refractivity contribution in [3.63, 3.8) is 0 Å². The molecule has 0 amide bonds. The van der Waals surface area contributed by atoms with Gasteiger partial charge in [0.05, 0.1) is 0 Å². The number of allylic oxidation sites excluding steroid dienone is 14. The molecule has 0 nitrogen and oxygen atoms in total. The molecule has 220 valence electrons. The van der Waals surface area contributed by atoms with Crippen molar-refractivity contribution in [1.29, 1.82) is 0 Å². The quantitative estimate of drug-likeness (QED) is 0.129. The van der Waals surface area contributed by atoms with Crippen LogP contribution in [-0.2, 0) is 0 Å². The molecule has 45 heavy (non-hydrogen) atoms. The van der Waals surface area contributed by atoms with Gasteiger partial charge in [-0.1, -0.05) is 146 Å². The second-order valence-corrected chi connectivity index (χ2v) is 11.4. The average molecular weight is 581 g/mol. The van der Waals surface area contributed by atoms with Crippen LogP contribution in [0, 0.1) is 6.92 Å². The maximum absolute atomic E-state index is 4.46. The first-order valence-corrected chi connectivity index (χ1v) is 15.5. The van der Waals surface area contributed by atoms with Crippen LogP contribution in [0.15, 0.2) is 182 Å². The molecule has 0 bridgehead atoms. The van der Waals surface area contributed by atoms with E-state index < -0.39 is 0 Å². The number of rotatable bonds is 10. The Balaban J connectivity index is 1.63. The highest BCUT2D eigenvalue weighted by molar-refractivity contribution is 5.92. The first-order valence-electron chi connectivity index (χ1n) is 15.5. The Kier molecular flexibility index (Phi) is 10.6. The van der Waals surface area contributed by atoms with Crippen LogP contribution in [-0.4, -0.2) is 0 Å². The molecule has 0 aromatic heterocycles. The molecule has 0 saturated carbocycles. The largest absolute Gasteiger partial charge is 0.121 e. The zero-order chi connectivity index (χ0) is 31.4. The van der Waals surface area contributed by atoms with Gasteiger partial charge in [-0.15, -0.1) is 5.73 Å². The first kappa shape index (κ1) is 31.0. The molecule has 0 N–H and O–H groups in total. The van der Waals surface area contributed by atoms with Crippen molar-refractivity contribution in [2.45, 2.75) is 27.2 Å². The Hall–Kier alpha value is -5.42. The Bertz CT molecular complexity index is 1890. The van der Waals surface area contributed by atoms with Gasteiger partial charge in [0.2, 0.25) is 0 Å². The van der Waals surface area contributed by atoms with E-state index in [2.05, 4.69) is 179 Å². The molecular formula is C45H40. The van der Waals surface area contributed by atoms with E-state index in [1.54, 1.807) is 0 Å². The van der Waals surface area contributed by atoms with E-state index in [1.807, 2.05) is 18.2 Å². The third kappa shape index (κ3) is 8.80. The van der Waals surface area contributed by atoms with E-state index in [0.29, 0.717) is 0 Å². The zero-order valence-corrected chi connectivity index (χ0v) is 26.5. The standard InChI is InChI=1S/C45H40/c1-34-28-43(42(27-26-38-18-10-5-6-11-19-38)30-35(2)39-20-12-7-13-21-39)33-44(29-34)45(31-36(3)40-22-14-8-15-23-40)32-37(4)41-24-16-9-17-25-41/h5,7-25,27-33H,3,26H2,1-2,4H3/b35-30+,37-32+,42-27+,45-31+. The number of hydrogen-bond donors (Lipinski definition) is 0. The van der Waals surface area contributed by atoms with Gasteiger partial charge in [-0.2, -0.15) is 0 Å². The van der Waals surface area contributed by atoms with Gasteiger partial charge >= 0.3 is 0 Å². The molecule has 0 spiro atoms. The van der Waals surface area contributed by atoms with Gasteiger partial charge < -0.3 is 0 Å². The van der Waals surface area contributed by atoms with Crippen LogP contribution in [0.3, 0.4) is 0 Å². The predicted octanol–water partition coefficient (Wildman–Crippen LogP) is 12.3. The van der Waals surface area contributed by atoms with Crippen molar-refractivity contribution in [2.24, 2.45) is 0 Å². The highest BCUT2D eigenvalue weighted by atomic mass is 14.1. The summed E-state index contributed by atoms with van der Waals surface area (Å²) in [5.41, 5.74) is 17.3. The summed E-state index contributed by atoms with van der Waals surface area (Å²) in [5.74, 6) is 0. The molecule has 0 radical (unpaired) electrons. The molecule has 4 aromatic rings. The molecule has 0 saturated heterocycles. The Morgan fingerprint density at radius 2 is 1.16 bits per heavy atom. The molecule has 0 atom stereocenters. The monoisotopic (exact) mass is 580 g/mol. The summed E-state index contributed by atoms with van der Waals surface area (Å²) < 4.78 is 0. The van der Waals surface area contributed by atoms with E-state index in [1.165, 1.54) is 44.5 Å². The Morgan fingerprint density at radius 1 is 0.622 bits per heavy atom. The van der Waals surface area contributed by atoms with Gasteiger partial charge in [-0.25, -0.2) is 0 Å². The van der Waals surface area contributed by atoms with Crippen molar-refractivity contribution in [3.05, 3.63) is 215 Å². The lowest BCUT2D eigenvalue weighted by Crippen LogP contribution is -1.93. The summed E-state index contributed by atoms with van der Waals surface area (Å²) in [4.78, 5) is 0. The van der Waals surface area contributed by atoms with Crippen LogP contribution >= 0.6 is 0 Å². The van der Waals surface area contributed by atoms with Gasteiger partial charge in [0, 0.05) is 0 Å². The normalized spacial score (nSPS) is 13.9. The van der Waals surface area contributed by atoms with E-state index in [4.69, 9.17) is 0 Å². The lowest BCUT2D eigenvalue weighted by molar-refractivity contribution is 1.29. The third-order valence-electron chi connectivity index (χ3n) is 7.87. The maximum atomic E-state index is 4.46. The van der Waals surface area contributed by atoms with E-state index in [-0.39, 0.29) is 0 Å². The van der Waals surface area contributed by atoms with Gasteiger partial charge in [-0.3, -0.25) is 0 Å². The van der Waals surface area contributed by atoms with Gasteiger partial charge in [-0.05, 0) is 118 Å². The van der Waals surface area contributed by atoms with Crippen LogP contribution < -0.4 is 0 Å². The van der Waals surface area contributed by atoms with E-state index >= 15 is 0 Å². The summed E-state index contributed by atoms with van der Waals surface area (Å²) >= 11 is 0. The smallest absolute Gasteiger partial charge is 0.00880 e. The van der Waals surface area contributed by atoms with E-state index in [9.17, 15) is 0 Å². The van der Waals surface area contributed by atoms with Crippen LogP contribution in [0.25, 0.3) is 27.9 Å². The van der Waals surface area contributed by atoms with Crippen LogP contribution in [0.4, 0.5) is 0 Å². The highest BCUT2D eigenvalue weighted by Gasteiger charge is 2.10. The number of benzene rings is 4. The second-order valence-electron chi connectivity index (χ2n) is 11.4. The topological polar surface area (TPSA) is 0 Å². The van der Waals surface area contributed by atoms with Crippen LogP contribution in [0.5, 0.6) is 0 Å². The average Bonchev–Trinajstić information content (AvgIpc) is 3.36. The fourth-order valence-corrected chi connectivity index (χ4v) is 5.40. The van der Waals surface area contributed by atoms with Crippen molar-refractivity contribution in [2.75, 3.05) is 0 Å². The SMILES string of the molecule is C=C(/C=C(\C=C(/C)c1ccccc1)c1cc(C)cc(C(/C=C(\C)c2ccccc2)=C/CC2=CC=C=CC=C2)c1)c1ccccc1. The molecule has 0 unspecified atom stereocenters. The van der Waals surface area contributed by atoms with Gasteiger partial charge in [0.1, 0.15) is 0 Å². The minimum atomic E-state index is 0.820. The zero-order valence-electron chi connectivity index (χ0n) is 26.5. The maximum Gasteiger partial charge on any atom is -0.00880 e. The van der Waals surface area contributed by atoms with Gasteiger partial charge in [0.15, 0.2) is 0 Å². The van der Waals surface area contributed by atoms with E-state index in [0.717, 1.165) is 28.7 Å². The molecule has 5 rings (SSSR count). The second kappa shape index (κ2) is 15.3. The summed E-state index contributed by atoms with van der Waals surface area (Å²) in [7, 11) is 0. The fourth-order valence-electron chi connectivity index (χ4n) is 5.40. The minimum absolute atomic E-state index is 0.820. The van der Waals surface area contributed by atoms with Crippen LogP contribution in [0.1, 0.15) is 53.6 Å². The van der Waals surface area contributed by atoms with Crippen molar-refractivity contribution >= 4 is 27.9 Å². The summed E-state index contributed by atoms with van der Waals surface area (Å²) in [6.45, 7) is 11.0. The Morgan fingerprint density at radius 3 is 1.76 bits per heavy atom.